The smallest absolute Gasteiger partial charge is 0.363 e. The van der Waals surface area contributed by atoms with Crippen LogP contribution >= 0.6 is 11.3 Å². The van der Waals surface area contributed by atoms with E-state index in [4.69, 9.17) is 10.5 Å². The van der Waals surface area contributed by atoms with Crippen molar-refractivity contribution in [3.63, 3.8) is 0 Å². The third kappa shape index (κ3) is 2.91. The van der Waals surface area contributed by atoms with Gasteiger partial charge in [0.2, 0.25) is 5.71 Å². The first-order chi connectivity index (χ1) is 7.19. The summed E-state index contributed by atoms with van der Waals surface area (Å²) in [6.07, 6.45) is 0. The maximum Gasteiger partial charge on any atom is 0.363 e. The zero-order valence-corrected chi connectivity index (χ0v) is 9.21. The molecule has 1 heterocycles. The zero-order valence-electron chi connectivity index (χ0n) is 8.39. The summed E-state index contributed by atoms with van der Waals surface area (Å²) in [6, 6.07) is 0. The third-order valence-electron chi connectivity index (χ3n) is 1.38. The lowest BCUT2D eigenvalue weighted by molar-refractivity contribution is -0.135. The normalized spacial score (nSPS) is 11.2. The molecular formula is C8H11N3O3S. The maximum atomic E-state index is 11.4. The van der Waals surface area contributed by atoms with E-state index in [0.717, 1.165) is 0 Å². The van der Waals surface area contributed by atoms with Gasteiger partial charge in [0.1, 0.15) is 12.9 Å². The van der Waals surface area contributed by atoms with E-state index in [1.807, 2.05) is 0 Å². The fourth-order valence-corrected chi connectivity index (χ4v) is 1.52. The van der Waals surface area contributed by atoms with Crippen LogP contribution in [0, 0.1) is 0 Å². The van der Waals surface area contributed by atoms with Crippen LogP contribution < -0.4 is 5.73 Å². The molecule has 82 valence electrons. The standard InChI is InChI=1S/C8H11N3O3S/c1-3-14-8(12)6(11-13-2)7-10-5(9)4-15-7/h4H,3,9H2,1-2H3/b11-6+. The number of carbonyl (C=O) groups is 1. The Kier molecular flexibility index (Phi) is 4.04. The van der Waals surface area contributed by atoms with Gasteiger partial charge >= 0.3 is 5.97 Å². The maximum absolute atomic E-state index is 11.4. The summed E-state index contributed by atoms with van der Waals surface area (Å²) in [5.74, 6) is -0.239. The molecule has 1 aromatic heterocycles. The molecule has 0 aromatic carbocycles. The highest BCUT2D eigenvalue weighted by atomic mass is 32.1. The fraction of sp³-hybridized carbons (Fsp3) is 0.375. The number of hydrogen-bond donors (Lipinski definition) is 1. The second kappa shape index (κ2) is 5.30. The van der Waals surface area contributed by atoms with Gasteiger partial charge < -0.3 is 15.3 Å². The lowest BCUT2D eigenvalue weighted by Gasteiger charge is -2.01. The molecule has 0 atom stereocenters. The van der Waals surface area contributed by atoms with Crippen LogP contribution in [0.15, 0.2) is 10.5 Å². The molecule has 2 N–H and O–H groups in total. The van der Waals surface area contributed by atoms with Crippen molar-refractivity contribution in [3.05, 3.63) is 10.4 Å². The van der Waals surface area contributed by atoms with Crippen LogP contribution in [0.2, 0.25) is 0 Å². The van der Waals surface area contributed by atoms with Gasteiger partial charge in [-0.1, -0.05) is 5.16 Å². The summed E-state index contributed by atoms with van der Waals surface area (Å²) in [6.45, 7) is 1.97. The number of aromatic nitrogens is 1. The molecule has 0 aliphatic heterocycles. The van der Waals surface area contributed by atoms with Crippen molar-refractivity contribution in [2.45, 2.75) is 6.92 Å². The highest BCUT2D eigenvalue weighted by molar-refractivity contribution is 7.13. The van der Waals surface area contributed by atoms with Crippen LogP contribution in [0.4, 0.5) is 5.82 Å². The number of thiazole rings is 1. The van der Waals surface area contributed by atoms with Gasteiger partial charge in [-0.25, -0.2) is 9.78 Å². The van der Waals surface area contributed by atoms with Crippen molar-refractivity contribution < 1.29 is 14.4 Å². The minimum atomic E-state index is -0.575. The lowest BCUT2D eigenvalue weighted by atomic mass is 10.4. The number of nitrogens with zero attached hydrogens (tertiary/aromatic N) is 2. The summed E-state index contributed by atoms with van der Waals surface area (Å²) in [7, 11) is 1.34. The van der Waals surface area contributed by atoms with Crippen molar-refractivity contribution >= 4 is 28.8 Å². The number of nitrogens with two attached hydrogens (primary N) is 1. The Morgan fingerprint density at radius 3 is 2.93 bits per heavy atom. The average Bonchev–Trinajstić information content (AvgIpc) is 2.61. The molecule has 0 aliphatic carbocycles. The largest absolute Gasteiger partial charge is 0.461 e. The number of esters is 1. The van der Waals surface area contributed by atoms with E-state index < -0.39 is 5.97 Å². The van der Waals surface area contributed by atoms with E-state index in [0.29, 0.717) is 10.8 Å². The van der Waals surface area contributed by atoms with E-state index in [9.17, 15) is 4.79 Å². The highest BCUT2D eigenvalue weighted by Crippen LogP contribution is 2.13. The Bertz CT molecular complexity index is 375. The average molecular weight is 229 g/mol. The lowest BCUT2D eigenvalue weighted by Crippen LogP contribution is -2.19. The van der Waals surface area contributed by atoms with Gasteiger partial charge in [0.05, 0.1) is 6.61 Å². The number of rotatable bonds is 4. The number of oxime groups is 1. The molecule has 1 aromatic rings. The molecule has 1 rings (SSSR count). The minimum absolute atomic E-state index is 0.0288. The molecule has 0 amide bonds. The van der Waals surface area contributed by atoms with Crippen molar-refractivity contribution in [1.29, 1.82) is 0 Å². The van der Waals surface area contributed by atoms with Gasteiger partial charge in [-0.15, -0.1) is 11.3 Å². The molecule has 0 fully saturated rings. The fourth-order valence-electron chi connectivity index (χ4n) is 0.849. The molecule has 0 radical (unpaired) electrons. The van der Waals surface area contributed by atoms with Crippen LogP contribution in [0.5, 0.6) is 0 Å². The Morgan fingerprint density at radius 2 is 2.47 bits per heavy atom. The highest BCUT2D eigenvalue weighted by Gasteiger charge is 2.19. The Balaban J connectivity index is 2.93. The molecule has 7 heteroatoms. The van der Waals surface area contributed by atoms with Crippen LogP contribution in [0.25, 0.3) is 0 Å². The van der Waals surface area contributed by atoms with E-state index in [-0.39, 0.29) is 12.3 Å². The van der Waals surface area contributed by atoms with Crippen LogP contribution in [0.3, 0.4) is 0 Å². The monoisotopic (exact) mass is 229 g/mol. The summed E-state index contributed by atoms with van der Waals surface area (Å²) in [4.78, 5) is 19.9. The van der Waals surface area contributed by atoms with Gasteiger partial charge in [0.25, 0.3) is 0 Å². The number of carbonyl (C=O) groups excluding carboxylic acids is 1. The molecule has 0 spiro atoms. The van der Waals surface area contributed by atoms with Gasteiger partial charge in [0, 0.05) is 5.38 Å². The van der Waals surface area contributed by atoms with E-state index >= 15 is 0 Å². The van der Waals surface area contributed by atoms with Crippen molar-refractivity contribution in [2.75, 3.05) is 19.5 Å². The van der Waals surface area contributed by atoms with Crippen molar-refractivity contribution in [2.24, 2.45) is 5.16 Å². The first-order valence-corrected chi connectivity index (χ1v) is 5.06. The number of nitrogen functional groups attached to an aromatic ring is 1. The predicted molar refractivity (Wildman–Crippen MR) is 56.7 cm³/mol. The molecule has 0 saturated carbocycles. The van der Waals surface area contributed by atoms with Crippen LogP contribution in [-0.4, -0.2) is 30.4 Å². The molecule has 0 aliphatic rings. The van der Waals surface area contributed by atoms with Crippen molar-refractivity contribution in [3.8, 4) is 0 Å². The summed E-state index contributed by atoms with van der Waals surface area (Å²) in [5, 5.41) is 5.55. The summed E-state index contributed by atoms with van der Waals surface area (Å²) >= 11 is 1.20. The summed E-state index contributed by atoms with van der Waals surface area (Å²) in [5.41, 5.74) is 5.47. The van der Waals surface area contributed by atoms with Gasteiger partial charge in [-0.2, -0.15) is 0 Å². The molecule has 15 heavy (non-hydrogen) atoms. The van der Waals surface area contributed by atoms with Gasteiger partial charge in [-0.3, -0.25) is 0 Å². The third-order valence-corrected chi connectivity index (χ3v) is 2.24. The molecule has 0 bridgehead atoms. The molecular weight excluding hydrogens is 218 g/mol. The van der Waals surface area contributed by atoms with E-state index in [1.165, 1.54) is 18.4 Å². The van der Waals surface area contributed by atoms with Crippen LogP contribution in [-0.2, 0) is 14.4 Å². The molecule has 0 unspecified atom stereocenters. The van der Waals surface area contributed by atoms with E-state index in [1.54, 1.807) is 12.3 Å². The van der Waals surface area contributed by atoms with Crippen LogP contribution in [0.1, 0.15) is 11.9 Å². The van der Waals surface area contributed by atoms with Gasteiger partial charge in [-0.05, 0) is 6.92 Å². The minimum Gasteiger partial charge on any atom is -0.461 e. The van der Waals surface area contributed by atoms with Crippen molar-refractivity contribution in [1.82, 2.24) is 4.98 Å². The number of hydrogen-bond acceptors (Lipinski definition) is 7. The first kappa shape index (κ1) is 11.4. The quantitative estimate of drug-likeness (QED) is 0.465. The second-order valence-corrected chi connectivity index (χ2v) is 3.28. The predicted octanol–water partition coefficient (Wildman–Crippen LogP) is 0.639. The zero-order chi connectivity index (χ0) is 11.3. The topological polar surface area (TPSA) is 86.8 Å². The number of anilines is 1. The molecule has 6 nitrogen and oxygen atoms in total. The summed E-state index contributed by atoms with van der Waals surface area (Å²) < 4.78 is 4.80. The number of ether oxygens (including phenoxy) is 1. The van der Waals surface area contributed by atoms with Gasteiger partial charge in [0.15, 0.2) is 5.01 Å². The van der Waals surface area contributed by atoms with E-state index in [2.05, 4.69) is 15.0 Å². The first-order valence-electron chi connectivity index (χ1n) is 4.18. The molecule has 0 saturated heterocycles. The Morgan fingerprint density at radius 1 is 1.73 bits per heavy atom. The SMILES string of the molecule is CCOC(=O)/C(=N/OC)c1nc(N)cs1. The second-order valence-electron chi connectivity index (χ2n) is 2.42. The Hall–Kier alpha value is -1.63. The Labute approximate surface area is 90.7 Å².